The van der Waals surface area contributed by atoms with Crippen molar-refractivity contribution >= 4 is 11.5 Å². The molecule has 2 N–H and O–H groups in total. The van der Waals surface area contributed by atoms with E-state index in [1.807, 2.05) is 0 Å². The van der Waals surface area contributed by atoms with Gasteiger partial charge >= 0.3 is 6.18 Å². The van der Waals surface area contributed by atoms with Gasteiger partial charge in [-0.3, -0.25) is 4.79 Å². The van der Waals surface area contributed by atoms with Crippen molar-refractivity contribution in [2.24, 2.45) is 5.73 Å². The van der Waals surface area contributed by atoms with Gasteiger partial charge in [0, 0.05) is 12.7 Å². The van der Waals surface area contributed by atoms with Gasteiger partial charge in [-0.2, -0.15) is 13.2 Å². The molecule has 0 aliphatic carbocycles. The molecule has 6 heteroatoms. The van der Waals surface area contributed by atoms with Gasteiger partial charge < -0.3 is 10.6 Å². The summed E-state index contributed by atoms with van der Waals surface area (Å²) in [6.07, 6.45) is -4.38. The average Bonchev–Trinajstić information content (AvgIpc) is 2.28. The first kappa shape index (κ1) is 13.5. The molecule has 0 spiro atoms. The molecule has 0 aliphatic heterocycles. The van der Waals surface area contributed by atoms with E-state index in [9.17, 15) is 18.0 Å². The van der Waals surface area contributed by atoms with Crippen LogP contribution >= 0.6 is 0 Å². The van der Waals surface area contributed by atoms with E-state index in [2.05, 4.69) is 0 Å². The Morgan fingerprint density at radius 3 is 2.59 bits per heavy atom. The number of nitrogens with two attached hydrogens (primary N) is 1. The summed E-state index contributed by atoms with van der Waals surface area (Å²) < 4.78 is 37.4. The third-order valence-corrected chi connectivity index (χ3v) is 2.26. The number of carbonyl (C=O) groups is 1. The van der Waals surface area contributed by atoms with Gasteiger partial charge in [-0.1, -0.05) is 6.07 Å². The molecule has 0 heterocycles. The van der Waals surface area contributed by atoms with E-state index in [1.165, 1.54) is 17.0 Å². The Balaban J connectivity index is 2.88. The van der Waals surface area contributed by atoms with E-state index in [-0.39, 0.29) is 18.9 Å². The van der Waals surface area contributed by atoms with Crippen LogP contribution < -0.4 is 10.6 Å². The molecule has 0 bridgehead atoms. The Kier molecular flexibility index (Phi) is 4.11. The fourth-order valence-corrected chi connectivity index (χ4v) is 1.34. The molecule has 0 unspecified atom stereocenters. The van der Waals surface area contributed by atoms with Gasteiger partial charge in [0.15, 0.2) is 5.78 Å². The summed E-state index contributed by atoms with van der Waals surface area (Å²) >= 11 is 0. The Labute approximate surface area is 97.0 Å². The molecular formula is C11H13F3N2O. The summed E-state index contributed by atoms with van der Waals surface area (Å²) in [5.41, 5.74) is 4.74. The van der Waals surface area contributed by atoms with Crippen LogP contribution in [0.3, 0.4) is 0 Å². The molecule has 1 aromatic rings. The number of likely N-dealkylation sites (N-methyl/N-ethyl adjacent to an activating group) is 1. The Hall–Kier alpha value is -1.56. The average molecular weight is 246 g/mol. The quantitative estimate of drug-likeness (QED) is 0.879. The van der Waals surface area contributed by atoms with Gasteiger partial charge in [-0.15, -0.1) is 0 Å². The van der Waals surface area contributed by atoms with E-state index in [1.54, 1.807) is 7.05 Å². The van der Waals surface area contributed by atoms with Crippen LogP contribution in [0.5, 0.6) is 0 Å². The monoisotopic (exact) mass is 246 g/mol. The zero-order valence-corrected chi connectivity index (χ0v) is 9.29. The van der Waals surface area contributed by atoms with Crippen LogP contribution in [-0.2, 0) is 11.0 Å². The van der Waals surface area contributed by atoms with Crippen LogP contribution in [0.25, 0.3) is 0 Å². The van der Waals surface area contributed by atoms with Gasteiger partial charge in [0.05, 0.1) is 18.7 Å². The van der Waals surface area contributed by atoms with Crippen molar-refractivity contribution in [2.45, 2.75) is 6.18 Å². The predicted octanol–water partition coefficient (Wildman–Crippen LogP) is 1.67. The summed E-state index contributed by atoms with van der Waals surface area (Å²) in [7, 11) is 1.54. The smallest absolute Gasteiger partial charge is 0.367 e. The minimum atomic E-state index is -4.38. The molecule has 0 amide bonds. The number of hydrogen-bond acceptors (Lipinski definition) is 3. The molecule has 0 radical (unpaired) electrons. The van der Waals surface area contributed by atoms with Crippen LogP contribution in [0.2, 0.25) is 0 Å². The standard InChI is InChI=1S/C11H13F3N2O/c1-16(7-10(17)6-15)9-4-2-3-8(5-9)11(12,13)14/h2-5H,6-7,15H2,1H3. The third kappa shape index (κ3) is 3.74. The second-order valence-corrected chi connectivity index (χ2v) is 3.65. The van der Waals surface area contributed by atoms with E-state index in [0.717, 1.165) is 12.1 Å². The lowest BCUT2D eigenvalue weighted by atomic mass is 10.2. The van der Waals surface area contributed by atoms with Gasteiger partial charge in [-0.25, -0.2) is 0 Å². The second kappa shape index (κ2) is 5.18. The van der Waals surface area contributed by atoms with Crippen LogP contribution in [0.1, 0.15) is 5.56 Å². The molecule has 17 heavy (non-hydrogen) atoms. The number of ketones is 1. The van der Waals surface area contributed by atoms with Crippen LogP contribution in [0.4, 0.5) is 18.9 Å². The fourth-order valence-electron chi connectivity index (χ4n) is 1.34. The fraction of sp³-hybridized carbons (Fsp3) is 0.364. The van der Waals surface area contributed by atoms with Crippen LogP contribution in [-0.4, -0.2) is 25.9 Å². The van der Waals surface area contributed by atoms with E-state index in [0.29, 0.717) is 5.69 Å². The molecule has 0 aromatic heterocycles. The van der Waals surface area contributed by atoms with E-state index < -0.39 is 11.7 Å². The lowest BCUT2D eigenvalue weighted by molar-refractivity contribution is -0.137. The Morgan fingerprint density at radius 1 is 1.41 bits per heavy atom. The molecule has 0 saturated carbocycles. The minimum Gasteiger partial charge on any atom is -0.367 e. The first-order chi connectivity index (χ1) is 7.84. The number of rotatable bonds is 4. The lowest BCUT2D eigenvalue weighted by Gasteiger charge is -2.19. The largest absolute Gasteiger partial charge is 0.416 e. The molecule has 1 aromatic carbocycles. The predicted molar refractivity (Wildman–Crippen MR) is 58.8 cm³/mol. The highest BCUT2D eigenvalue weighted by atomic mass is 19.4. The van der Waals surface area contributed by atoms with Crippen molar-refractivity contribution in [1.82, 2.24) is 0 Å². The highest BCUT2D eigenvalue weighted by molar-refractivity contribution is 5.85. The summed E-state index contributed by atoms with van der Waals surface area (Å²) in [5.74, 6) is -0.232. The zero-order valence-electron chi connectivity index (χ0n) is 9.29. The molecule has 3 nitrogen and oxygen atoms in total. The maximum absolute atomic E-state index is 12.5. The highest BCUT2D eigenvalue weighted by Gasteiger charge is 2.30. The topological polar surface area (TPSA) is 46.3 Å². The van der Waals surface area contributed by atoms with Gasteiger partial charge in [-0.05, 0) is 18.2 Å². The molecule has 0 aliphatic rings. The number of halogens is 3. The molecule has 0 fully saturated rings. The van der Waals surface area contributed by atoms with Crippen molar-refractivity contribution in [2.75, 3.05) is 25.0 Å². The molecule has 94 valence electrons. The number of carbonyl (C=O) groups excluding carboxylic acids is 1. The highest BCUT2D eigenvalue weighted by Crippen LogP contribution is 2.31. The maximum atomic E-state index is 12.5. The first-order valence-corrected chi connectivity index (χ1v) is 4.94. The van der Waals surface area contributed by atoms with Crippen molar-refractivity contribution < 1.29 is 18.0 Å². The number of alkyl halides is 3. The number of nitrogens with zero attached hydrogens (tertiary/aromatic N) is 1. The molecule has 1 rings (SSSR count). The molecule has 0 saturated heterocycles. The third-order valence-electron chi connectivity index (χ3n) is 2.26. The second-order valence-electron chi connectivity index (χ2n) is 3.65. The number of benzene rings is 1. The zero-order chi connectivity index (χ0) is 13.1. The molecule has 0 atom stereocenters. The van der Waals surface area contributed by atoms with Crippen LogP contribution in [0, 0.1) is 0 Å². The maximum Gasteiger partial charge on any atom is 0.416 e. The van der Waals surface area contributed by atoms with Crippen molar-refractivity contribution in [3.63, 3.8) is 0 Å². The SMILES string of the molecule is CN(CC(=O)CN)c1cccc(C(F)(F)F)c1. The Morgan fingerprint density at radius 2 is 2.06 bits per heavy atom. The van der Waals surface area contributed by atoms with Crippen molar-refractivity contribution in [3.05, 3.63) is 29.8 Å². The Bertz CT molecular complexity index is 404. The van der Waals surface area contributed by atoms with E-state index >= 15 is 0 Å². The molecular weight excluding hydrogens is 233 g/mol. The van der Waals surface area contributed by atoms with E-state index in [4.69, 9.17) is 5.73 Å². The van der Waals surface area contributed by atoms with Crippen molar-refractivity contribution in [1.29, 1.82) is 0 Å². The minimum absolute atomic E-state index is 0.00217. The lowest BCUT2D eigenvalue weighted by Crippen LogP contribution is -2.30. The summed E-state index contributed by atoms with van der Waals surface area (Å²) in [5, 5.41) is 0. The number of hydrogen-bond donors (Lipinski definition) is 1. The van der Waals surface area contributed by atoms with Gasteiger partial charge in [0.25, 0.3) is 0 Å². The van der Waals surface area contributed by atoms with Crippen LogP contribution in [0.15, 0.2) is 24.3 Å². The number of anilines is 1. The normalized spacial score (nSPS) is 11.4. The summed E-state index contributed by atoms with van der Waals surface area (Å²) in [6.45, 7) is -0.124. The van der Waals surface area contributed by atoms with Gasteiger partial charge in [0.2, 0.25) is 0 Å². The summed E-state index contributed by atoms with van der Waals surface area (Å²) in [4.78, 5) is 12.5. The van der Waals surface area contributed by atoms with Crippen molar-refractivity contribution in [3.8, 4) is 0 Å². The number of Topliss-reactive ketones (excluding diaryl/α,β-unsaturated/α-hetero) is 1. The van der Waals surface area contributed by atoms with Gasteiger partial charge in [0.1, 0.15) is 0 Å². The first-order valence-electron chi connectivity index (χ1n) is 4.94. The summed E-state index contributed by atoms with van der Waals surface area (Å²) in [6, 6.07) is 4.81.